The van der Waals surface area contributed by atoms with E-state index in [9.17, 15) is 10.1 Å². The molecule has 176 valence electrons. The third-order valence-electron chi connectivity index (χ3n) is 6.96. The van der Waals surface area contributed by atoms with Crippen LogP contribution in [0.4, 0.5) is 4.79 Å². The van der Waals surface area contributed by atoms with Crippen LogP contribution in [0.2, 0.25) is 0 Å². The molecule has 1 saturated heterocycles. The highest BCUT2D eigenvalue weighted by Crippen LogP contribution is 2.47. The summed E-state index contributed by atoms with van der Waals surface area (Å²) < 4.78 is 13.8. The maximum atomic E-state index is 12.8. The van der Waals surface area contributed by atoms with Crippen molar-refractivity contribution in [1.29, 1.82) is 5.26 Å². The van der Waals surface area contributed by atoms with E-state index in [1.807, 2.05) is 37.5 Å². The van der Waals surface area contributed by atoms with Crippen molar-refractivity contribution in [2.45, 2.75) is 58.2 Å². The predicted octanol–water partition coefficient (Wildman–Crippen LogP) is 4.67. The number of fused-ring (bicyclic) bond motifs is 1. The van der Waals surface area contributed by atoms with Crippen molar-refractivity contribution in [2.24, 2.45) is 5.41 Å². The van der Waals surface area contributed by atoms with Crippen LogP contribution < -0.4 is 4.74 Å². The molecule has 1 saturated carbocycles. The van der Waals surface area contributed by atoms with Crippen LogP contribution in [0, 0.1) is 16.7 Å². The molecule has 3 aromatic rings. The average molecular weight is 460 g/mol. The molecule has 2 fully saturated rings. The van der Waals surface area contributed by atoms with E-state index in [0.29, 0.717) is 25.3 Å². The molecule has 1 aromatic carbocycles. The van der Waals surface area contributed by atoms with Gasteiger partial charge >= 0.3 is 6.09 Å². The van der Waals surface area contributed by atoms with Gasteiger partial charge in [0.2, 0.25) is 0 Å². The van der Waals surface area contributed by atoms with Crippen LogP contribution in [0.25, 0.3) is 11.0 Å². The maximum absolute atomic E-state index is 12.8. The molecule has 1 amide bonds. The van der Waals surface area contributed by atoms with Crippen molar-refractivity contribution < 1.29 is 14.3 Å². The first kappa shape index (κ1) is 22.2. The summed E-state index contributed by atoms with van der Waals surface area (Å²) in [6.07, 6.45) is 6.96. The monoisotopic (exact) mass is 459 g/mol. The minimum Gasteiger partial charge on any atom is -0.494 e. The van der Waals surface area contributed by atoms with Gasteiger partial charge in [-0.15, -0.1) is 0 Å². The Hall–Kier alpha value is -3.60. The number of hydrogen-bond donors (Lipinski definition) is 0. The molecule has 34 heavy (non-hydrogen) atoms. The van der Waals surface area contributed by atoms with Crippen LogP contribution in [0.3, 0.4) is 0 Å². The quantitative estimate of drug-likeness (QED) is 0.532. The van der Waals surface area contributed by atoms with Crippen LogP contribution in [-0.2, 0) is 17.8 Å². The Morgan fingerprint density at radius 1 is 1.24 bits per heavy atom. The number of hydrogen-bond acceptors (Lipinski definition) is 6. The molecule has 0 radical (unpaired) electrons. The van der Waals surface area contributed by atoms with Crippen molar-refractivity contribution >= 4 is 17.1 Å². The number of nitriles is 1. The van der Waals surface area contributed by atoms with Crippen molar-refractivity contribution in [3.05, 3.63) is 54.1 Å². The lowest BCUT2D eigenvalue weighted by molar-refractivity contribution is -0.0270. The van der Waals surface area contributed by atoms with E-state index < -0.39 is 5.60 Å². The highest BCUT2D eigenvalue weighted by molar-refractivity contribution is 5.77. The molecule has 2 atom stereocenters. The summed E-state index contributed by atoms with van der Waals surface area (Å²) in [7, 11) is 0. The lowest BCUT2D eigenvalue weighted by atomic mass is 9.68. The van der Waals surface area contributed by atoms with Crippen LogP contribution in [-0.4, -0.2) is 44.3 Å². The molecule has 2 aliphatic rings. The third kappa shape index (κ3) is 4.30. The Morgan fingerprint density at radius 2 is 2.12 bits per heavy atom. The molecule has 2 aromatic heterocycles. The lowest BCUT2D eigenvalue weighted by Gasteiger charge is -2.43. The van der Waals surface area contributed by atoms with E-state index in [0.717, 1.165) is 54.7 Å². The number of rotatable bonds is 6. The van der Waals surface area contributed by atoms with E-state index in [-0.39, 0.29) is 11.5 Å². The summed E-state index contributed by atoms with van der Waals surface area (Å²) in [5.41, 5.74) is 2.71. The molecule has 0 bridgehead atoms. The standard InChI is InChI=1S/C26H29N5O3/c1-3-33-21-7-10-28-20(12-21)14-30-17-26(34-24(30)32)9-4-8-25(2,15-26)16-31-18-29-22-6-5-19(13-27)11-23(22)31/h5-7,10-12,18H,3-4,8-9,14-17H2,1-2H3/t25-,26?/m0/s1. The number of carbonyl (C=O) groups excluding carboxylic acids is 1. The normalized spacial score (nSPS) is 24.4. The summed E-state index contributed by atoms with van der Waals surface area (Å²) in [5, 5.41) is 9.29. The summed E-state index contributed by atoms with van der Waals surface area (Å²) in [6, 6.07) is 11.5. The first-order valence-corrected chi connectivity index (χ1v) is 11.8. The van der Waals surface area contributed by atoms with E-state index in [4.69, 9.17) is 9.47 Å². The van der Waals surface area contributed by atoms with Crippen molar-refractivity contribution in [1.82, 2.24) is 19.4 Å². The number of nitrogens with zero attached hydrogens (tertiary/aromatic N) is 5. The summed E-state index contributed by atoms with van der Waals surface area (Å²) >= 11 is 0. The minimum atomic E-state index is -0.490. The van der Waals surface area contributed by atoms with Gasteiger partial charge in [0.15, 0.2) is 0 Å². The highest BCUT2D eigenvalue weighted by Gasteiger charge is 2.51. The number of carbonyl (C=O) groups is 1. The largest absolute Gasteiger partial charge is 0.494 e. The Kier molecular flexibility index (Phi) is 5.64. The van der Waals surface area contributed by atoms with Crippen molar-refractivity contribution in [3.63, 3.8) is 0 Å². The lowest BCUT2D eigenvalue weighted by Crippen LogP contribution is -2.44. The van der Waals surface area contributed by atoms with Crippen LogP contribution in [0.1, 0.15) is 50.8 Å². The summed E-state index contributed by atoms with van der Waals surface area (Å²) in [6.45, 7) is 6.51. The highest BCUT2D eigenvalue weighted by atomic mass is 16.6. The fourth-order valence-corrected chi connectivity index (χ4v) is 5.62. The first-order chi connectivity index (χ1) is 16.4. The Morgan fingerprint density at radius 3 is 2.94 bits per heavy atom. The van der Waals surface area contributed by atoms with Gasteiger partial charge in [0.25, 0.3) is 0 Å². The maximum Gasteiger partial charge on any atom is 0.410 e. The van der Waals surface area contributed by atoms with E-state index >= 15 is 0 Å². The zero-order valence-electron chi connectivity index (χ0n) is 19.7. The molecule has 3 heterocycles. The van der Waals surface area contributed by atoms with Crippen molar-refractivity contribution in [2.75, 3.05) is 13.2 Å². The molecule has 8 heteroatoms. The Bertz CT molecular complexity index is 1260. The minimum absolute atomic E-state index is 0.0576. The second kappa shape index (κ2) is 8.64. The van der Waals surface area contributed by atoms with Gasteiger partial charge in [-0.2, -0.15) is 5.26 Å². The zero-order chi connectivity index (χ0) is 23.8. The molecule has 0 N–H and O–H groups in total. The van der Waals surface area contributed by atoms with Crippen LogP contribution in [0.15, 0.2) is 42.9 Å². The van der Waals surface area contributed by atoms with Gasteiger partial charge in [-0.3, -0.25) is 9.88 Å². The van der Waals surface area contributed by atoms with Crippen molar-refractivity contribution in [3.8, 4) is 11.8 Å². The van der Waals surface area contributed by atoms with Gasteiger partial charge in [0.1, 0.15) is 11.4 Å². The Balaban J connectivity index is 1.32. The van der Waals surface area contributed by atoms with Crippen LogP contribution in [0.5, 0.6) is 5.75 Å². The molecular formula is C26H29N5O3. The number of ether oxygens (including phenoxy) is 2. The molecular weight excluding hydrogens is 430 g/mol. The number of aromatic nitrogens is 3. The molecule has 8 nitrogen and oxygen atoms in total. The smallest absolute Gasteiger partial charge is 0.410 e. The zero-order valence-corrected chi connectivity index (χ0v) is 19.7. The number of imidazole rings is 1. The summed E-state index contributed by atoms with van der Waals surface area (Å²) in [4.78, 5) is 23.5. The second-order valence-electron chi connectivity index (χ2n) is 9.85. The van der Waals surface area contributed by atoms with Gasteiger partial charge < -0.3 is 14.0 Å². The number of benzene rings is 1. The van der Waals surface area contributed by atoms with E-state index in [2.05, 4.69) is 27.5 Å². The van der Waals surface area contributed by atoms with Crippen LogP contribution >= 0.6 is 0 Å². The molecule has 1 unspecified atom stereocenters. The SMILES string of the molecule is CCOc1ccnc(CN2CC3(CCC[C@](C)(Cn4cnc5ccc(C#N)cc54)C3)OC2=O)c1. The molecule has 5 rings (SSSR count). The number of pyridine rings is 1. The van der Waals surface area contributed by atoms with Gasteiger partial charge in [-0.1, -0.05) is 6.92 Å². The van der Waals surface area contributed by atoms with Gasteiger partial charge in [-0.05, 0) is 62.3 Å². The van der Waals surface area contributed by atoms with Gasteiger partial charge in [0, 0.05) is 18.8 Å². The summed E-state index contributed by atoms with van der Waals surface area (Å²) in [5.74, 6) is 0.757. The molecule has 1 spiro atoms. The topological polar surface area (TPSA) is 93.3 Å². The number of amides is 1. The fourth-order valence-electron chi connectivity index (χ4n) is 5.62. The fraction of sp³-hybridized carbons (Fsp3) is 0.462. The van der Waals surface area contributed by atoms with E-state index in [1.165, 1.54) is 0 Å². The first-order valence-electron chi connectivity index (χ1n) is 11.8. The Labute approximate surface area is 199 Å². The van der Waals surface area contributed by atoms with E-state index in [1.54, 1.807) is 17.2 Å². The van der Waals surface area contributed by atoms with Gasteiger partial charge in [-0.25, -0.2) is 9.78 Å². The third-order valence-corrected chi connectivity index (χ3v) is 6.96. The average Bonchev–Trinajstić information content (AvgIpc) is 3.33. The molecule has 1 aliphatic carbocycles. The molecule has 1 aliphatic heterocycles. The van der Waals surface area contributed by atoms with Gasteiger partial charge in [0.05, 0.1) is 54.4 Å². The predicted molar refractivity (Wildman–Crippen MR) is 126 cm³/mol. The second-order valence-corrected chi connectivity index (χ2v) is 9.85.